The van der Waals surface area contributed by atoms with Crippen molar-refractivity contribution in [2.75, 3.05) is 26.7 Å². The zero-order valence-electron chi connectivity index (χ0n) is 17.7. The third-order valence-electron chi connectivity index (χ3n) is 6.79. The van der Waals surface area contributed by atoms with Crippen LogP contribution < -0.4 is 4.74 Å². The Hall–Kier alpha value is -1.29. The number of nitrogens with zero attached hydrogens (tertiary/aromatic N) is 2. The molecule has 3 aliphatic heterocycles. The van der Waals surface area contributed by atoms with Gasteiger partial charge in [-0.3, -0.25) is 4.90 Å². The molecule has 0 unspecified atom stereocenters. The molecular formula is C21H30F2N2O4S. The molecule has 0 saturated carbocycles. The van der Waals surface area contributed by atoms with Crippen LogP contribution in [0.25, 0.3) is 0 Å². The van der Waals surface area contributed by atoms with Gasteiger partial charge < -0.3 is 9.47 Å². The molecule has 1 spiro atoms. The molecule has 6 nitrogen and oxygen atoms in total. The van der Waals surface area contributed by atoms with E-state index in [1.165, 1.54) is 24.3 Å². The summed E-state index contributed by atoms with van der Waals surface area (Å²) in [5.74, 6) is -0.0435. The molecular weight excluding hydrogens is 414 g/mol. The van der Waals surface area contributed by atoms with Gasteiger partial charge in [0.1, 0.15) is 5.75 Å². The summed E-state index contributed by atoms with van der Waals surface area (Å²) in [5, 5.41) is 0. The molecule has 3 saturated heterocycles. The highest BCUT2D eigenvalue weighted by atomic mass is 32.2. The molecule has 1 aromatic carbocycles. The molecule has 0 aromatic heterocycles. The van der Waals surface area contributed by atoms with Crippen molar-refractivity contribution in [2.24, 2.45) is 5.41 Å². The number of alkyl halides is 2. The second-order valence-corrected chi connectivity index (χ2v) is 11.4. The lowest BCUT2D eigenvalue weighted by atomic mass is 9.69. The van der Waals surface area contributed by atoms with Crippen LogP contribution in [0.4, 0.5) is 8.78 Å². The average molecular weight is 445 g/mol. The second-order valence-electron chi connectivity index (χ2n) is 9.59. The van der Waals surface area contributed by atoms with Gasteiger partial charge in [0.05, 0.1) is 10.5 Å². The van der Waals surface area contributed by atoms with E-state index in [0.29, 0.717) is 0 Å². The van der Waals surface area contributed by atoms with E-state index < -0.39 is 16.6 Å². The minimum atomic E-state index is -3.67. The second kappa shape index (κ2) is 7.69. The van der Waals surface area contributed by atoms with Crippen LogP contribution in [-0.4, -0.2) is 68.7 Å². The number of methoxy groups -OCH3 is 1. The van der Waals surface area contributed by atoms with E-state index in [1.54, 1.807) is 11.4 Å². The Labute approximate surface area is 177 Å². The van der Waals surface area contributed by atoms with Crippen molar-refractivity contribution in [1.29, 1.82) is 0 Å². The lowest BCUT2D eigenvalue weighted by molar-refractivity contribution is -0.0949. The van der Waals surface area contributed by atoms with Gasteiger partial charge in [-0.15, -0.1) is 0 Å². The summed E-state index contributed by atoms with van der Waals surface area (Å²) < 4.78 is 62.8. The number of hydrogen-bond donors (Lipinski definition) is 0. The van der Waals surface area contributed by atoms with Crippen molar-refractivity contribution in [3.63, 3.8) is 0 Å². The highest BCUT2D eigenvalue weighted by Crippen LogP contribution is 2.52. The lowest BCUT2D eigenvalue weighted by Gasteiger charge is -2.57. The van der Waals surface area contributed by atoms with Crippen molar-refractivity contribution in [3.8, 4) is 5.75 Å². The van der Waals surface area contributed by atoms with Crippen LogP contribution >= 0.6 is 0 Å². The van der Waals surface area contributed by atoms with Gasteiger partial charge in [-0.05, 0) is 69.2 Å². The van der Waals surface area contributed by atoms with E-state index in [1.807, 2.05) is 0 Å². The smallest absolute Gasteiger partial charge is 0.387 e. The quantitative estimate of drug-likeness (QED) is 0.646. The Morgan fingerprint density at radius 2 is 1.70 bits per heavy atom. The topological polar surface area (TPSA) is 59.1 Å². The number of piperidine rings is 1. The van der Waals surface area contributed by atoms with Crippen molar-refractivity contribution in [2.45, 2.75) is 68.7 Å². The molecule has 3 fully saturated rings. The van der Waals surface area contributed by atoms with Crippen LogP contribution in [0.5, 0.6) is 5.75 Å². The number of sulfonamides is 1. The number of fused-ring (bicyclic) bond motifs is 2. The van der Waals surface area contributed by atoms with Crippen LogP contribution in [0.1, 0.15) is 39.5 Å². The number of ether oxygens (including phenoxy) is 2. The summed E-state index contributed by atoms with van der Waals surface area (Å²) in [6, 6.07) is 5.29. The largest absolute Gasteiger partial charge is 0.435 e. The predicted molar refractivity (Wildman–Crippen MR) is 108 cm³/mol. The third kappa shape index (κ3) is 4.09. The fourth-order valence-corrected chi connectivity index (χ4v) is 7.46. The van der Waals surface area contributed by atoms with Crippen molar-refractivity contribution < 1.29 is 26.7 Å². The van der Waals surface area contributed by atoms with Gasteiger partial charge in [-0.2, -0.15) is 13.1 Å². The van der Waals surface area contributed by atoms with Crippen LogP contribution in [0.15, 0.2) is 29.2 Å². The maximum Gasteiger partial charge on any atom is 0.387 e. The minimum absolute atomic E-state index is 0.00308. The van der Waals surface area contributed by atoms with E-state index in [-0.39, 0.29) is 33.7 Å². The monoisotopic (exact) mass is 444 g/mol. The summed E-state index contributed by atoms with van der Waals surface area (Å²) in [5.41, 5.74) is 0.00145. The molecule has 4 rings (SSSR count). The molecule has 1 aromatic rings. The van der Waals surface area contributed by atoms with Crippen LogP contribution in [0.3, 0.4) is 0 Å². The molecule has 3 heterocycles. The van der Waals surface area contributed by atoms with Crippen molar-refractivity contribution in [1.82, 2.24) is 9.21 Å². The minimum Gasteiger partial charge on any atom is -0.435 e. The van der Waals surface area contributed by atoms with Gasteiger partial charge in [-0.1, -0.05) is 0 Å². The Bertz CT molecular complexity index is 853. The van der Waals surface area contributed by atoms with Gasteiger partial charge >= 0.3 is 6.61 Å². The molecule has 0 aliphatic carbocycles. The first-order valence-electron chi connectivity index (χ1n) is 10.4. The van der Waals surface area contributed by atoms with Gasteiger partial charge in [0.25, 0.3) is 0 Å². The van der Waals surface area contributed by atoms with Crippen LogP contribution in [0, 0.1) is 5.41 Å². The molecule has 30 heavy (non-hydrogen) atoms. The average Bonchev–Trinajstić information content (AvgIpc) is 2.93. The fraction of sp³-hybridized carbons (Fsp3) is 0.714. The van der Waals surface area contributed by atoms with E-state index in [2.05, 4.69) is 23.5 Å². The Balaban J connectivity index is 1.44. The fourth-order valence-electron chi connectivity index (χ4n) is 5.59. The normalized spacial score (nSPS) is 26.9. The summed E-state index contributed by atoms with van der Waals surface area (Å²) in [6.45, 7) is 4.07. The van der Waals surface area contributed by atoms with Crippen LogP contribution in [0.2, 0.25) is 0 Å². The molecule has 0 N–H and O–H groups in total. The van der Waals surface area contributed by atoms with Gasteiger partial charge in [0.15, 0.2) is 0 Å². The number of likely N-dealkylation sites (tertiary alicyclic amines) is 1. The number of halogens is 2. The molecule has 168 valence electrons. The molecule has 0 radical (unpaired) electrons. The van der Waals surface area contributed by atoms with Crippen LogP contribution in [-0.2, 0) is 14.8 Å². The first-order valence-corrected chi connectivity index (χ1v) is 11.8. The maximum atomic E-state index is 13.3. The first kappa shape index (κ1) is 21.9. The standard InChI is InChI=1S/C21H30F2N2O4S/c1-20(2,28-3)12-24-13-21(14-24)10-15-4-5-16(11-21)25(15)30(26,27)18-8-6-17(7-9-18)29-19(22)23/h6-9,15-16,19H,4-5,10-14H2,1-3H3/t15-,16+. The molecule has 2 bridgehead atoms. The van der Waals surface area contributed by atoms with Gasteiger partial charge in [0.2, 0.25) is 10.0 Å². The SMILES string of the molecule is COC(C)(C)CN1CC2(C[C@H]3CC[C@@H](C2)N3S(=O)(=O)c2ccc(OC(F)F)cc2)C1. The number of hydrogen-bond acceptors (Lipinski definition) is 5. The van der Waals surface area contributed by atoms with Crippen molar-refractivity contribution in [3.05, 3.63) is 24.3 Å². The van der Waals surface area contributed by atoms with Crippen molar-refractivity contribution >= 4 is 10.0 Å². The molecule has 9 heteroatoms. The van der Waals surface area contributed by atoms with E-state index >= 15 is 0 Å². The molecule has 3 aliphatic rings. The maximum absolute atomic E-state index is 13.3. The highest BCUT2D eigenvalue weighted by Gasteiger charge is 2.56. The zero-order chi connectivity index (χ0) is 21.7. The summed E-state index contributed by atoms with van der Waals surface area (Å²) in [4.78, 5) is 2.53. The third-order valence-corrected chi connectivity index (χ3v) is 8.81. The Kier molecular flexibility index (Phi) is 5.62. The van der Waals surface area contributed by atoms with E-state index in [4.69, 9.17) is 4.74 Å². The van der Waals surface area contributed by atoms with Gasteiger partial charge in [0, 0.05) is 38.8 Å². The molecule has 0 amide bonds. The van der Waals surface area contributed by atoms with Gasteiger partial charge in [-0.25, -0.2) is 8.42 Å². The highest BCUT2D eigenvalue weighted by molar-refractivity contribution is 7.89. The Morgan fingerprint density at radius 1 is 1.13 bits per heavy atom. The molecule has 2 atom stereocenters. The summed E-state index contributed by atoms with van der Waals surface area (Å²) >= 11 is 0. The van der Waals surface area contributed by atoms with E-state index in [9.17, 15) is 17.2 Å². The predicted octanol–water partition coefficient (Wildman–Crippen LogP) is 3.33. The number of benzene rings is 1. The first-order chi connectivity index (χ1) is 14.0. The Morgan fingerprint density at radius 3 is 2.20 bits per heavy atom. The number of rotatable bonds is 7. The lowest BCUT2D eigenvalue weighted by Crippen LogP contribution is -2.65. The zero-order valence-corrected chi connectivity index (χ0v) is 18.5. The summed E-state index contributed by atoms with van der Waals surface area (Å²) in [7, 11) is -1.94. The summed E-state index contributed by atoms with van der Waals surface area (Å²) in [6.07, 6.45) is 3.50. The van der Waals surface area contributed by atoms with E-state index in [0.717, 1.165) is 45.3 Å².